The molecule has 0 fully saturated rings. The number of benzene rings is 2. The van der Waals surface area contributed by atoms with Gasteiger partial charge in [-0.1, -0.05) is 48.5 Å². The van der Waals surface area contributed by atoms with Crippen LogP contribution in [0.4, 0.5) is 10.1 Å². The lowest BCUT2D eigenvalue weighted by molar-refractivity contribution is -0.116. The first-order chi connectivity index (χ1) is 14.5. The molecule has 0 bridgehead atoms. The molecule has 30 heavy (non-hydrogen) atoms. The van der Waals surface area contributed by atoms with Crippen LogP contribution >= 0.6 is 23.4 Å². The van der Waals surface area contributed by atoms with E-state index in [1.165, 1.54) is 31.0 Å². The Hall–Kier alpha value is -2.78. The molecule has 0 saturated carbocycles. The third-order valence-corrected chi connectivity index (χ3v) is 6.26. The molecule has 1 aromatic heterocycles. The van der Waals surface area contributed by atoms with Gasteiger partial charge in [-0.3, -0.25) is 4.79 Å². The van der Waals surface area contributed by atoms with Gasteiger partial charge in [-0.15, -0.1) is 10.2 Å². The Kier molecular flexibility index (Phi) is 5.83. The van der Waals surface area contributed by atoms with Crippen LogP contribution in [-0.4, -0.2) is 33.1 Å². The predicted molar refractivity (Wildman–Crippen MR) is 114 cm³/mol. The second-order valence-corrected chi connectivity index (χ2v) is 8.11. The van der Waals surface area contributed by atoms with E-state index in [9.17, 15) is 9.18 Å². The van der Waals surface area contributed by atoms with Gasteiger partial charge in [0.15, 0.2) is 5.82 Å². The molecule has 10 heteroatoms. The summed E-state index contributed by atoms with van der Waals surface area (Å²) < 4.78 is 21.1. The smallest absolute Gasteiger partial charge is 0.240 e. The van der Waals surface area contributed by atoms with Crippen molar-refractivity contribution >= 4 is 35.0 Å². The Bertz CT molecular complexity index is 1090. The van der Waals surface area contributed by atoms with Gasteiger partial charge in [0.1, 0.15) is 16.8 Å². The highest BCUT2D eigenvalue weighted by atomic mass is 35.5. The molecule has 156 valence electrons. The van der Waals surface area contributed by atoms with E-state index in [4.69, 9.17) is 16.3 Å². The van der Waals surface area contributed by atoms with E-state index in [-0.39, 0.29) is 11.6 Å². The molecule has 2 atom stereocenters. The summed E-state index contributed by atoms with van der Waals surface area (Å²) in [7, 11) is 1.54. The maximum atomic E-state index is 14.1. The monoisotopic (exact) mass is 447 g/mol. The van der Waals surface area contributed by atoms with Crippen molar-refractivity contribution in [1.29, 1.82) is 0 Å². The Balaban J connectivity index is 1.70. The molecular formula is C20H19ClFN5O2S. The summed E-state index contributed by atoms with van der Waals surface area (Å²) in [6.07, 6.45) is 0.669. The number of carbonyl (C=O) groups excluding carboxylic acids is 1. The van der Waals surface area contributed by atoms with Gasteiger partial charge < -0.3 is 15.5 Å². The number of para-hydroxylation sites is 1. The Morgan fingerprint density at radius 2 is 2.13 bits per heavy atom. The van der Waals surface area contributed by atoms with Crippen molar-refractivity contribution in [3.05, 3.63) is 64.7 Å². The van der Waals surface area contributed by atoms with E-state index >= 15 is 0 Å². The van der Waals surface area contributed by atoms with Gasteiger partial charge in [0.05, 0.1) is 23.9 Å². The van der Waals surface area contributed by atoms with E-state index < -0.39 is 17.1 Å². The van der Waals surface area contributed by atoms with Gasteiger partial charge in [-0.2, -0.15) is 0 Å². The van der Waals surface area contributed by atoms with Gasteiger partial charge in [-0.25, -0.2) is 9.07 Å². The standard InChI is InChI=1S/C20H19ClFN5O2S/c1-3-16-24-25-20-27(16)26-17(11-8-9-15(29-2)12(21)10-11)18(30-20)19(28)23-14-7-5-4-6-13(14)22/h4-10,17-18,26H,3H2,1-2H3,(H,23,28)/t17-,18-/m0/s1. The molecular weight excluding hydrogens is 429 g/mol. The van der Waals surface area contributed by atoms with E-state index in [2.05, 4.69) is 20.9 Å². The first-order valence-electron chi connectivity index (χ1n) is 9.28. The number of hydrogen-bond donors (Lipinski definition) is 2. The number of amides is 1. The van der Waals surface area contributed by atoms with Crippen LogP contribution in [0, 0.1) is 5.82 Å². The van der Waals surface area contributed by atoms with Crippen molar-refractivity contribution in [2.24, 2.45) is 0 Å². The maximum Gasteiger partial charge on any atom is 0.240 e. The van der Waals surface area contributed by atoms with E-state index in [1.807, 2.05) is 13.0 Å². The molecule has 0 aliphatic carbocycles. The largest absolute Gasteiger partial charge is 0.495 e. The highest BCUT2D eigenvalue weighted by Crippen LogP contribution is 2.39. The predicted octanol–water partition coefficient (Wildman–Crippen LogP) is 4.04. The number of halogens is 2. The average molecular weight is 448 g/mol. The van der Waals surface area contributed by atoms with Crippen LogP contribution in [0.1, 0.15) is 24.4 Å². The molecule has 0 saturated heterocycles. The SMILES string of the molecule is CCc1nnc2n1N[C@@H](c1ccc(OC)c(Cl)c1)[C@@H](C(=O)Nc1ccccc1F)S2. The number of ether oxygens (including phenoxy) is 1. The lowest BCUT2D eigenvalue weighted by atomic mass is 10.0. The van der Waals surface area contributed by atoms with Crippen LogP contribution in [0.15, 0.2) is 47.6 Å². The second kappa shape index (κ2) is 8.53. The highest BCUT2D eigenvalue weighted by Gasteiger charge is 2.38. The molecule has 1 aliphatic rings. The third kappa shape index (κ3) is 3.82. The minimum absolute atomic E-state index is 0.121. The van der Waals surface area contributed by atoms with Crippen LogP contribution in [0.5, 0.6) is 5.75 Å². The number of fused-ring (bicyclic) bond motifs is 1. The van der Waals surface area contributed by atoms with Crippen LogP contribution in [-0.2, 0) is 11.2 Å². The van der Waals surface area contributed by atoms with Crippen molar-refractivity contribution in [3.63, 3.8) is 0 Å². The molecule has 0 radical (unpaired) electrons. The summed E-state index contributed by atoms with van der Waals surface area (Å²) in [6.45, 7) is 1.97. The number of methoxy groups -OCH3 is 1. The van der Waals surface area contributed by atoms with Gasteiger partial charge in [0.25, 0.3) is 0 Å². The topological polar surface area (TPSA) is 81.1 Å². The Morgan fingerprint density at radius 3 is 2.83 bits per heavy atom. The van der Waals surface area contributed by atoms with Crippen LogP contribution in [0.25, 0.3) is 0 Å². The summed E-state index contributed by atoms with van der Waals surface area (Å²) >= 11 is 7.59. The third-order valence-electron chi connectivity index (χ3n) is 4.75. The van der Waals surface area contributed by atoms with Crippen molar-refractivity contribution in [2.75, 3.05) is 17.9 Å². The summed E-state index contributed by atoms with van der Waals surface area (Å²) in [5.74, 6) is 0.424. The zero-order valence-electron chi connectivity index (χ0n) is 16.2. The quantitative estimate of drug-likeness (QED) is 0.614. The van der Waals surface area contributed by atoms with Crippen molar-refractivity contribution in [3.8, 4) is 5.75 Å². The normalized spacial score (nSPS) is 17.7. The molecule has 2 N–H and O–H groups in total. The van der Waals surface area contributed by atoms with Crippen LogP contribution < -0.4 is 15.5 Å². The van der Waals surface area contributed by atoms with Crippen LogP contribution in [0.2, 0.25) is 5.02 Å². The average Bonchev–Trinajstić information content (AvgIpc) is 3.16. The fourth-order valence-corrected chi connectivity index (χ4v) is 4.59. The van der Waals surface area contributed by atoms with Crippen LogP contribution in [0.3, 0.4) is 0 Å². The number of rotatable bonds is 5. The Morgan fingerprint density at radius 1 is 1.33 bits per heavy atom. The zero-order valence-corrected chi connectivity index (χ0v) is 17.8. The fraction of sp³-hybridized carbons (Fsp3) is 0.250. The van der Waals surface area contributed by atoms with E-state index in [0.717, 1.165) is 11.4 Å². The maximum absolute atomic E-state index is 14.1. The molecule has 1 aliphatic heterocycles. The number of nitrogens with zero attached hydrogens (tertiary/aromatic N) is 3. The summed E-state index contributed by atoms with van der Waals surface area (Å²) in [5.41, 5.74) is 4.23. The molecule has 2 heterocycles. The molecule has 7 nitrogen and oxygen atoms in total. The fourth-order valence-electron chi connectivity index (χ4n) is 3.22. The van der Waals surface area contributed by atoms with Gasteiger partial charge >= 0.3 is 0 Å². The van der Waals surface area contributed by atoms with Crippen molar-refractivity contribution < 1.29 is 13.9 Å². The number of nitrogens with one attached hydrogen (secondary N) is 2. The lowest BCUT2D eigenvalue weighted by Gasteiger charge is -2.33. The first kappa shape index (κ1) is 20.5. The molecule has 2 aromatic carbocycles. The Labute approximate surface area is 181 Å². The number of thioether (sulfide) groups is 1. The molecule has 1 amide bonds. The zero-order chi connectivity index (χ0) is 21.3. The molecule has 0 spiro atoms. The van der Waals surface area contributed by atoms with E-state index in [0.29, 0.717) is 22.3 Å². The summed E-state index contributed by atoms with van der Waals surface area (Å²) in [5, 5.41) is 11.4. The number of carbonyl (C=O) groups is 1. The van der Waals surface area contributed by atoms with Gasteiger partial charge in [-0.05, 0) is 29.8 Å². The summed E-state index contributed by atoms with van der Waals surface area (Å²) in [6, 6.07) is 10.9. The highest BCUT2D eigenvalue weighted by molar-refractivity contribution is 8.00. The molecule has 4 rings (SSSR count). The van der Waals surface area contributed by atoms with Gasteiger partial charge in [0, 0.05) is 6.42 Å². The number of anilines is 1. The second-order valence-electron chi connectivity index (χ2n) is 6.60. The molecule has 0 unspecified atom stereocenters. The van der Waals surface area contributed by atoms with E-state index in [1.54, 1.807) is 28.9 Å². The minimum Gasteiger partial charge on any atom is -0.495 e. The lowest BCUT2D eigenvalue weighted by Crippen LogP contribution is -2.41. The number of hydrogen-bond acceptors (Lipinski definition) is 6. The van der Waals surface area contributed by atoms with Crippen molar-refractivity contribution in [2.45, 2.75) is 29.8 Å². The first-order valence-corrected chi connectivity index (χ1v) is 10.5. The molecule has 3 aromatic rings. The minimum atomic E-state index is -0.643. The number of aromatic nitrogens is 3. The van der Waals surface area contributed by atoms with Gasteiger partial charge in [0.2, 0.25) is 11.1 Å². The van der Waals surface area contributed by atoms with Crippen molar-refractivity contribution in [1.82, 2.24) is 14.9 Å². The number of aryl methyl sites for hydroxylation is 1. The summed E-state index contributed by atoms with van der Waals surface area (Å²) in [4.78, 5) is 13.1.